The van der Waals surface area contributed by atoms with Crippen LogP contribution in [0.5, 0.6) is 0 Å². The average molecular weight is 396 g/mol. The van der Waals surface area contributed by atoms with Crippen molar-refractivity contribution in [1.82, 2.24) is 0 Å². The van der Waals surface area contributed by atoms with E-state index < -0.39 is 0 Å². The molecule has 0 saturated heterocycles. The summed E-state index contributed by atoms with van der Waals surface area (Å²) in [5.74, 6) is 0. The Kier molecular flexibility index (Phi) is 8.43. The van der Waals surface area contributed by atoms with Gasteiger partial charge in [0.05, 0.1) is 0 Å². The van der Waals surface area contributed by atoms with E-state index in [1.165, 1.54) is 27.8 Å². The van der Waals surface area contributed by atoms with Crippen molar-refractivity contribution in [3.8, 4) is 0 Å². The molecule has 0 spiro atoms. The summed E-state index contributed by atoms with van der Waals surface area (Å²) < 4.78 is 0. The highest BCUT2D eigenvalue weighted by atomic mass is 14.9. The number of anilines is 1. The van der Waals surface area contributed by atoms with E-state index in [0.717, 1.165) is 28.9 Å². The van der Waals surface area contributed by atoms with E-state index in [1.54, 1.807) is 0 Å². The second kappa shape index (κ2) is 11.0. The fraction of sp³-hybridized carbons (Fsp3) is 0.172. The third-order valence-corrected chi connectivity index (χ3v) is 4.77. The molecule has 0 atom stereocenters. The SMILES string of the molecule is C=C(C)Cc1cccc(C)c1.C=Cc1cc(C)ccc1NC(=C)c1ccccc1C. The minimum absolute atomic E-state index is 0.907. The fourth-order valence-electron chi connectivity index (χ4n) is 3.28. The van der Waals surface area contributed by atoms with Crippen molar-refractivity contribution in [1.29, 1.82) is 0 Å². The topological polar surface area (TPSA) is 12.0 Å². The van der Waals surface area contributed by atoms with Gasteiger partial charge >= 0.3 is 0 Å². The normalized spacial score (nSPS) is 9.87. The van der Waals surface area contributed by atoms with Gasteiger partial charge in [-0.1, -0.05) is 97.1 Å². The minimum atomic E-state index is 0.907. The Bertz CT molecular complexity index is 1040. The van der Waals surface area contributed by atoms with E-state index in [4.69, 9.17) is 0 Å². The van der Waals surface area contributed by atoms with Gasteiger partial charge in [0, 0.05) is 16.9 Å². The first-order valence-electron chi connectivity index (χ1n) is 10.2. The minimum Gasteiger partial charge on any atom is -0.355 e. The molecule has 0 aromatic heterocycles. The molecule has 0 heterocycles. The average Bonchev–Trinajstić information content (AvgIpc) is 2.69. The van der Waals surface area contributed by atoms with Gasteiger partial charge in [-0.3, -0.25) is 0 Å². The molecule has 0 radical (unpaired) electrons. The number of allylic oxidation sites excluding steroid dienone is 1. The summed E-state index contributed by atoms with van der Waals surface area (Å²) in [7, 11) is 0. The molecule has 0 amide bonds. The summed E-state index contributed by atoms with van der Waals surface area (Å²) in [5, 5.41) is 3.38. The molecule has 3 aromatic carbocycles. The highest BCUT2D eigenvalue weighted by Crippen LogP contribution is 2.24. The van der Waals surface area contributed by atoms with Crippen molar-refractivity contribution < 1.29 is 0 Å². The van der Waals surface area contributed by atoms with E-state index in [2.05, 4.69) is 107 Å². The number of hydrogen-bond donors (Lipinski definition) is 1. The Morgan fingerprint density at radius 1 is 0.867 bits per heavy atom. The summed E-state index contributed by atoms with van der Waals surface area (Å²) in [4.78, 5) is 0. The standard InChI is InChI=1S/C18H19N.C11H14/c1-5-16-12-13(2)10-11-18(16)19-15(4)17-9-7-6-8-14(17)3;1-9(2)7-11-6-4-5-10(3)8-11/h5-12,19H,1,4H2,2-3H3;4-6,8H,1,7H2,2-3H3. The Balaban J connectivity index is 0.000000248. The largest absolute Gasteiger partial charge is 0.355 e. The van der Waals surface area contributed by atoms with Crippen LogP contribution in [-0.4, -0.2) is 0 Å². The lowest BCUT2D eigenvalue weighted by Crippen LogP contribution is -2.00. The van der Waals surface area contributed by atoms with E-state index in [9.17, 15) is 0 Å². The molecule has 0 aliphatic heterocycles. The van der Waals surface area contributed by atoms with Crippen molar-refractivity contribution in [2.45, 2.75) is 34.1 Å². The summed E-state index contributed by atoms with van der Waals surface area (Å²) >= 11 is 0. The Hall–Kier alpha value is -3.32. The van der Waals surface area contributed by atoms with E-state index >= 15 is 0 Å². The van der Waals surface area contributed by atoms with Crippen LogP contribution in [0.3, 0.4) is 0 Å². The second-order valence-corrected chi connectivity index (χ2v) is 7.84. The zero-order chi connectivity index (χ0) is 22.1. The molecular formula is C29H33N. The monoisotopic (exact) mass is 395 g/mol. The molecule has 0 unspecified atom stereocenters. The first-order chi connectivity index (χ1) is 14.3. The van der Waals surface area contributed by atoms with Gasteiger partial charge in [0.1, 0.15) is 0 Å². The van der Waals surface area contributed by atoms with Crippen LogP contribution in [0.2, 0.25) is 0 Å². The van der Waals surface area contributed by atoms with Gasteiger partial charge in [0.2, 0.25) is 0 Å². The molecule has 154 valence electrons. The van der Waals surface area contributed by atoms with Crippen LogP contribution < -0.4 is 5.32 Å². The lowest BCUT2D eigenvalue weighted by molar-refractivity contribution is 1.15. The maximum Gasteiger partial charge on any atom is 0.0457 e. The molecule has 1 heteroatoms. The summed E-state index contributed by atoms with van der Waals surface area (Å²) in [6.45, 7) is 20.2. The van der Waals surface area contributed by atoms with Gasteiger partial charge in [0.25, 0.3) is 0 Å². The number of nitrogens with one attached hydrogen (secondary N) is 1. The smallest absolute Gasteiger partial charge is 0.0457 e. The first-order valence-corrected chi connectivity index (χ1v) is 10.2. The maximum absolute atomic E-state index is 4.13. The first kappa shape index (κ1) is 23.0. The third-order valence-electron chi connectivity index (χ3n) is 4.77. The van der Waals surface area contributed by atoms with Crippen molar-refractivity contribution in [3.05, 3.63) is 125 Å². The Morgan fingerprint density at radius 2 is 1.57 bits per heavy atom. The van der Waals surface area contributed by atoms with Gasteiger partial charge in [-0.2, -0.15) is 0 Å². The van der Waals surface area contributed by atoms with Gasteiger partial charge in [0.15, 0.2) is 0 Å². The van der Waals surface area contributed by atoms with Crippen molar-refractivity contribution in [3.63, 3.8) is 0 Å². The number of aryl methyl sites for hydroxylation is 3. The van der Waals surface area contributed by atoms with Crippen LogP contribution in [0.1, 0.15) is 40.3 Å². The van der Waals surface area contributed by atoms with Gasteiger partial charge in [-0.05, 0) is 62.9 Å². The molecular weight excluding hydrogens is 362 g/mol. The molecule has 0 fully saturated rings. The Morgan fingerprint density at radius 3 is 2.20 bits per heavy atom. The zero-order valence-corrected chi connectivity index (χ0v) is 18.8. The zero-order valence-electron chi connectivity index (χ0n) is 18.8. The van der Waals surface area contributed by atoms with Crippen LogP contribution in [0.4, 0.5) is 5.69 Å². The second-order valence-electron chi connectivity index (χ2n) is 7.84. The van der Waals surface area contributed by atoms with Crippen LogP contribution in [-0.2, 0) is 6.42 Å². The predicted octanol–water partition coefficient (Wildman–Crippen LogP) is 8.14. The fourth-order valence-corrected chi connectivity index (χ4v) is 3.28. The molecule has 0 aliphatic carbocycles. The van der Waals surface area contributed by atoms with Gasteiger partial charge in [-0.25, -0.2) is 0 Å². The van der Waals surface area contributed by atoms with Crippen molar-refractivity contribution >= 4 is 17.5 Å². The molecule has 0 bridgehead atoms. The molecule has 0 aliphatic rings. The quantitative estimate of drug-likeness (QED) is 0.415. The summed E-state index contributed by atoms with van der Waals surface area (Å²) in [6, 6.07) is 23.0. The van der Waals surface area contributed by atoms with Crippen molar-refractivity contribution in [2.24, 2.45) is 0 Å². The lowest BCUT2D eigenvalue weighted by Gasteiger charge is -2.14. The third kappa shape index (κ3) is 6.93. The number of benzene rings is 3. The number of hydrogen-bond acceptors (Lipinski definition) is 1. The van der Waals surface area contributed by atoms with Crippen LogP contribution >= 0.6 is 0 Å². The van der Waals surface area contributed by atoms with Gasteiger partial charge < -0.3 is 5.32 Å². The predicted molar refractivity (Wildman–Crippen MR) is 135 cm³/mol. The van der Waals surface area contributed by atoms with E-state index in [0.29, 0.717) is 0 Å². The molecule has 3 rings (SSSR count). The molecule has 1 N–H and O–H groups in total. The highest BCUT2D eigenvalue weighted by molar-refractivity contribution is 5.81. The lowest BCUT2D eigenvalue weighted by atomic mass is 10.1. The molecule has 1 nitrogen and oxygen atoms in total. The summed E-state index contributed by atoms with van der Waals surface area (Å²) in [5.41, 5.74) is 10.5. The van der Waals surface area contributed by atoms with E-state index in [1.807, 2.05) is 18.2 Å². The number of rotatable bonds is 6. The molecule has 0 saturated carbocycles. The maximum atomic E-state index is 4.13. The van der Waals surface area contributed by atoms with Crippen LogP contribution in [0, 0.1) is 20.8 Å². The van der Waals surface area contributed by atoms with Crippen LogP contribution in [0.25, 0.3) is 11.8 Å². The van der Waals surface area contributed by atoms with Crippen molar-refractivity contribution in [2.75, 3.05) is 5.32 Å². The van der Waals surface area contributed by atoms with E-state index in [-0.39, 0.29) is 0 Å². The Labute approximate surface area is 182 Å². The highest BCUT2D eigenvalue weighted by Gasteiger charge is 2.05. The van der Waals surface area contributed by atoms with Crippen LogP contribution in [0.15, 0.2) is 92.0 Å². The molecule has 30 heavy (non-hydrogen) atoms. The summed E-state index contributed by atoms with van der Waals surface area (Å²) in [6.07, 6.45) is 2.86. The molecule has 3 aromatic rings. The van der Waals surface area contributed by atoms with Gasteiger partial charge in [-0.15, -0.1) is 0 Å².